The van der Waals surface area contributed by atoms with E-state index in [1.807, 2.05) is 25.5 Å². The molecular weight excluding hydrogens is 489 g/mol. The molecule has 0 unspecified atom stereocenters. The van der Waals surface area contributed by atoms with Gasteiger partial charge in [0.25, 0.3) is 0 Å². The lowest BCUT2D eigenvalue weighted by Gasteiger charge is -2.12. The van der Waals surface area contributed by atoms with E-state index in [2.05, 4.69) is 44.7 Å². The molecule has 158 valence electrons. The van der Waals surface area contributed by atoms with Crippen LogP contribution in [0.2, 0.25) is 0 Å². The lowest BCUT2D eigenvalue weighted by Crippen LogP contribution is -2.39. The highest BCUT2D eigenvalue weighted by Crippen LogP contribution is 2.16. The van der Waals surface area contributed by atoms with Gasteiger partial charge in [0.1, 0.15) is 12.4 Å². The molecule has 2 aromatic rings. The Kier molecular flexibility index (Phi) is 11.5. The molecule has 2 heterocycles. The van der Waals surface area contributed by atoms with Crippen LogP contribution in [0.15, 0.2) is 4.99 Å². The summed E-state index contributed by atoms with van der Waals surface area (Å²) in [7, 11) is 1.95. The highest BCUT2D eigenvalue weighted by atomic mass is 127. The summed E-state index contributed by atoms with van der Waals surface area (Å²) in [6.45, 7) is 11.7. The Morgan fingerprint density at radius 3 is 2.54 bits per heavy atom. The average Bonchev–Trinajstić information content (AvgIpc) is 3.14. The Bertz CT molecular complexity index is 725. The van der Waals surface area contributed by atoms with E-state index in [0.717, 1.165) is 67.5 Å². The molecule has 10 heteroatoms. The van der Waals surface area contributed by atoms with E-state index in [0.29, 0.717) is 6.54 Å². The van der Waals surface area contributed by atoms with E-state index in [1.54, 1.807) is 11.3 Å². The molecule has 0 fully saturated rings. The summed E-state index contributed by atoms with van der Waals surface area (Å²) < 4.78 is 7.34. The van der Waals surface area contributed by atoms with Gasteiger partial charge in [-0.05, 0) is 34.1 Å². The quantitative estimate of drug-likeness (QED) is 0.216. The van der Waals surface area contributed by atoms with Crippen molar-refractivity contribution in [1.29, 1.82) is 0 Å². The van der Waals surface area contributed by atoms with Gasteiger partial charge in [-0.15, -0.1) is 45.5 Å². The average molecular weight is 521 g/mol. The van der Waals surface area contributed by atoms with Crippen molar-refractivity contribution in [3.63, 3.8) is 0 Å². The van der Waals surface area contributed by atoms with Crippen LogP contribution in [0.25, 0.3) is 0 Å². The van der Waals surface area contributed by atoms with Crippen molar-refractivity contribution in [2.75, 3.05) is 26.3 Å². The first-order valence-corrected chi connectivity index (χ1v) is 10.2. The highest BCUT2D eigenvalue weighted by molar-refractivity contribution is 14.0. The molecule has 0 spiro atoms. The zero-order valence-electron chi connectivity index (χ0n) is 17.4. The minimum absolute atomic E-state index is 0. The maximum atomic E-state index is 5.39. The van der Waals surface area contributed by atoms with Crippen LogP contribution in [-0.4, -0.2) is 52.0 Å². The second-order valence-electron chi connectivity index (χ2n) is 6.29. The lowest BCUT2D eigenvalue weighted by atomic mass is 10.4. The third kappa shape index (κ3) is 8.00. The number of nitrogens with zero attached hydrogens (tertiary/aromatic N) is 5. The third-order valence-corrected chi connectivity index (χ3v) is 5.36. The third-order valence-electron chi connectivity index (χ3n) is 4.23. The molecule has 8 nitrogen and oxygen atoms in total. The van der Waals surface area contributed by atoms with Gasteiger partial charge in [-0.25, -0.2) is 9.98 Å². The molecule has 2 N–H and O–H groups in total. The molecule has 2 aromatic heterocycles. The minimum atomic E-state index is 0. The van der Waals surface area contributed by atoms with Gasteiger partial charge in [0.05, 0.1) is 10.7 Å². The van der Waals surface area contributed by atoms with Crippen molar-refractivity contribution in [2.45, 2.75) is 47.1 Å². The van der Waals surface area contributed by atoms with Crippen LogP contribution in [0.3, 0.4) is 0 Å². The number of hydrogen-bond donors (Lipinski definition) is 2. The molecular formula is C18H32IN7OS. The molecule has 0 aliphatic carbocycles. The zero-order chi connectivity index (χ0) is 19.6. The van der Waals surface area contributed by atoms with Crippen molar-refractivity contribution >= 4 is 41.3 Å². The monoisotopic (exact) mass is 521 g/mol. The second kappa shape index (κ2) is 13.0. The Balaban J connectivity index is 0.00000392. The Morgan fingerprint density at radius 2 is 1.93 bits per heavy atom. The number of nitrogens with one attached hydrogen (secondary N) is 2. The van der Waals surface area contributed by atoms with E-state index < -0.39 is 0 Å². The normalized spacial score (nSPS) is 11.4. The first kappa shape index (κ1) is 24.8. The molecule has 0 atom stereocenters. The molecule has 0 radical (unpaired) electrons. The number of aliphatic imine (C=N–C) groups is 1. The Morgan fingerprint density at radius 1 is 1.18 bits per heavy atom. The zero-order valence-corrected chi connectivity index (χ0v) is 20.6. The van der Waals surface area contributed by atoms with Crippen LogP contribution >= 0.6 is 35.3 Å². The van der Waals surface area contributed by atoms with Gasteiger partial charge in [-0.1, -0.05) is 0 Å². The minimum Gasteiger partial charge on any atom is -0.382 e. The summed E-state index contributed by atoms with van der Waals surface area (Å²) >= 11 is 1.76. The summed E-state index contributed by atoms with van der Waals surface area (Å²) in [5, 5.41) is 16.2. The molecule has 28 heavy (non-hydrogen) atoms. The molecule has 0 amide bonds. The van der Waals surface area contributed by atoms with Gasteiger partial charge in [-0.3, -0.25) is 0 Å². The summed E-state index contributed by atoms with van der Waals surface area (Å²) in [4.78, 5) is 10.5. The van der Waals surface area contributed by atoms with Crippen LogP contribution in [0.4, 0.5) is 0 Å². The van der Waals surface area contributed by atoms with Crippen LogP contribution in [0.1, 0.15) is 40.6 Å². The van der Waals surface area contributed by atoms with Crippen LogP contribution in [0, 0.1) is 20.8 Å². The van der Waals surface area contributed by atoms with Gasteiger partial charge < -0.3 is 19.9 Å². The summed E-state index contributed by atoms with van der Waals surface area (Å²) in [6, 6.07) is 0. The van der Waals surface area contributed by atoms with E-state index >= 15 is 0 Å². The van der Waals surface area contributed by atoms with Crippen molar-refractivity contribution in [3.05, 3.63) is 27.2 Å². The fraction of sp³-hybridized carbons (Fsp3) is 0.667. The number of thiazole rings is 1. The predicted molar refractivity (Wildman–Crippen MR) is 125 cm³/mol. The molecule has 0 aliphatic rings. The molecule has 0 bridgehead atoms. The van der Waals surface area contributed by atoms with Crippen LogP contribution in [-0.2, 0) is 24.8 Å². The fourth-order valence-corrected chi connectivity index (χ4v) is 3.31. The van der Waals surface area contributed by atoms with Gasteiger partial charge in [0.15, 0.2) is 11.8 Å². The van der Waals surface area contributed by atoms with E-state index in [4.69, 9.17) is 4.74 Å². The van der Waals surface area contributed by atoms with Crippen molar-refractivity contribution in [1.82, 2.24) is 30.4 Å². The van der Waals surface area contributed by atoms with Crippen molar-refractivity contribution in [3.8, 4) is 0 Å². The van der Waals surface area contributed by atoms with Gasteiger partial charge in [0.2, 0.25) is 0 Å². The SMILES string of the molecule is CCOCCCNC(=NCc1nnc(C)n1C)NCCc1nc(C)c(C)s1.I. The summed E-state index contributed by atoms with van der Waals surface area (Å²) in [5.41, 5.74) is 1.12. The maximum Gasteiger partial charge on any atom is 0.191 e. The van der Waals surface area contributed by atoms with Crippen molar-refractivity contribution in [2.24, 2.45) is 12.0 Å². The smallest absolute Gasteiger partial charge is 0.191 e. The summed E-state index contributed by atoms with van der Waals surface area (Å²) in [6.07, 6.45) is 1.81. The molecule has 0 aromatic carbocycles. The van der Waals surface area contributed by atoms with E-state index in [1.165, 1.54) is 4.88 Å². The topological polar surface area (TPSA) is 89.2 Å². The number of hydrogen-bond acceptors (Lipinski definition) is 6. The fourth-order valence-electron chi connectivity index (χ4n) is 2.37. The lowest BCUT2D eigenvalue weighted by molar-refractivity contribution is 0.145. The standard InChI is InChI=1S/C18H31N7OS.HI/c1-6-26-11-7-9-19-18(21-12-16-24-23-15(4)25(16)5)20-10-8-17-22-13(2)14(3)27-17;/h6-12H2,1-5H3,(H2,19,20,21);1H. The molecule has 0 saturated heterocycles. The Labute approximate surface area is 188 Å². The Hall–Kier alpha value is -1.27. The van der Waals surface area contributed by atoms with Crippen molar-refractivity contribution < 1.29 is 4.74 Å². The van der Waals surface area contributed by atoms with Crippen LogP contribution < -0.4 is 10.6 Å². The number of rotatable bonds is 10. The molecule has 0 saturated carbocycles. The number of aromatic nitrogens is 4. The maximum absolute atomic E-state index is 5.39. The predicted octanol–water partition coefficient (Wildman–Crippen LogP) is 2.52. The number of halogens is 1. The van der Waals surface area contributed by atoms with Gasteiger partial charge in [0, 0.05) is 44.6 Å². The van der Waals surface area contributed by atoms with E-state index in [-0.39, 0.29) is 24.0 Å². The molecule has 0 aliphatic heterocycles. The number of ether oxygens (including phenoxy) is 1. The van der Waals surface area contributed by atoms with Gasteiger partial charge in [-0.2, -0.15) is 0 Å². The number of aryl methyl sites for hydroxylation is 3. The highest BCUT2D eigenvalue weighted by Gasteiger charge is 2.07. The summed E-state index contributed by atoms with van der Waals surface area (Å²) in [5.74, 6) is 2.50. The number of guanidine groups is 1. The first-order chi connectivity index (χ1) is 13.0. The molecule has 2 rings (SSSR count). The van der Waals surface area contributed by atoms with E-state index in [9.17, 15) is 0 Å². The van der Waals surface area contributed by atoms with Gasteiger partial charge >= 0.3 is 0 Å². The first-order valence-electron chi connectivity index (χ1n) is 9.39. The largest absolute Gasteiger partial charge is 0.382 e. The van der Waals surface area contributed by atoms with Crippen LogP contribution in [0.5, 0.6) is 0 Å². The second-order valence-corrected chi connectivity index (χ2v) is 7.58.